The molecule has 2 N–H and O–H groups in total. The Balaban J connectivity index is 2.45. The number of nitrogens with two attached hydrogens (primary N) is 1. The lowest BCUT2D eigenvalue weighted by molar-refractivity contribution is 0.429. The van der Waals surface area contributed by atoms with Crippen molar-refractivity contribution in [1.29, 1.82) is 0 Å². The standard InChI is InChI=1S/C14H17BrFN3/c1-3-10(4-2)19-8-13(17)14(18-19)11-6-5-9(16)7-12(11)15/h5-8,10H,3-4,17H2,1-2H3. The highest BCUT2D eigenvalue weighted by Crippen LogP contribution is 2.32. The molecule has 0 saturated carbocycles. The molecular weight excluding hydrogens is 309 g/mol. The summed E-state index contributed by atoms with van der Waals surface area (Å²) in [5.41, 5.74) is 8.14. The Morgan fingerprint density at radius 2 is 2.05 bits per heavy atom. The number of benzene rings is 1. The third-order valence-electron chi connectivity index (χ3n) is 3.26. The van der Waals surface area contributed by atoms with Crippen molar-refractivity contribution in [3.8, 4) is 11.3 Å². The van der Waals surface area contributed by atoms with Gasteiger partial charge in [-0.15, -0.1) is 0 Å². The van der Waals surface area contributed by atoms with Crippen LogP contribution in [0, 0.1) is 5.82 Å². The molecular formula is C14H17BrFN3. The van der Waals surface area contributed by atoms with E-state index in [2.05, 4.69) is 34.9 Å². The summed E-state index contributed by atoms with van der Waals surface area (Å²) in [6, 6.07) is 4.87. The molecule has 0 saturated heterocycles. The number of nitrogens with zero attached hydrogens (tertiary/aromatic N) is 2. The molecule has 0 bridgehead atoms. The molecule has 3 nitrogen and oxygen atoms in total. The topological polar surface area (TPSA) is 43.8 Å². The zero-order chi connectivity index (χ0) is 14.0. The van der Waals surface area contributed by atoms with Gasteiger partial charge in [0.1, 0.15) is 11.5 Å². The first-order valence-corrected chi connectivity index (χ1v) is 7.16. The molecule has 1 heterocycles. The number of halogens is 2. The number of hydrogen-bond donors (Lipinski definition) is 1. The molecule has 5 heteroatoms. The molecule has 1 aromatic carbocycles. The average molecular weight is 326 g/mol. The second-order valence-electron chi connectivity index (χ2n) is 4.51. The highest BCUT2D eigenvalue weighted by atomic mass is 79.9. The monoisotopic (exact) mass is 325 g/mol. The minimum Gasteiger partial charge on any atom is -0.396 e. The van der Waals surface area contributed by atoms with Crippen molar-refractivity contribution in [2.24, 2.45) is 0 Å². The number of hydrogen-bond acceptors (Lipinski definition) is 2. The minimum atomic E-state index is -0.284. The zero-order valence-corrected chi connectivity index (χ0v) is 12.6. The van der Waals surface area contributed by atoms with Gasteiger partial charge >= 0.3 is 0 Å². The highest BCUT2D eigenvalue weighted by Gasteiger charge is 2.15. The summed E-state index contributed by atoms with van der Waals surface area (Å²) in [6.07, 6.45) is 3.85. The summed E-state index contributed by atoms with van der Waals surface area (Å²) in [4.78, 5) is 0. The molecule has 0 aliphatic carbocycles. The van der Waals surface area contributed by atoms with Gasteiger partial charge in [-0.3, -0.25) is 4.68 Å². The van der Waals surface area contributed by atoms with E-state index in [0.717, 1.165) is 18.4 Å². The smallest absolute Gasteiger partial charge is 0.124 e. The SMILES string of the molecule is CCC(CC)n1cc(N)c(-c2ccc(F)cc2Br)n1. The second kappa shape index (κ2) is 5.74. The van der Waals surface area contributed by atoms with Gasteiger partial charge in [0.05, 0.1) is 11.7 Å². The van der Waals surface area contributed by atoms with E-state index in [1.165, 1.54) is 12.1 Å². The van der Waals surface area contributed by atoms with E-state index >= 15 is 0 Å². The molecule has 0 unspecified atom stereocenters. The largest absolute Gasteiger partial charge is 0.396 e. The van der Waals surface area contributed by atoms with Crippen molar-refractivity contribution in [1.82, 2.24) is 9.78 Å². The molecule has 0 atom stereocenters. The van der Waals surface area contributed by atoms with E-state index in [-0.39, 0.29) is 5.82 Å². The van der Waals surface area contributed by atoms with Crippen LogP contribution in [0.3, 0.4) is 0 Å². The molecule has 0 aliphatic heterocycles. The van der Waals surface area contributed by atoms with Crippen molar-refractivity contribution in [3.63, 3.8) is 0 Å². The van der Waals surface area contributed by atoms with Crippen LogP contribution in [0.2, 0.25) is 0 Å². The predicted molar refractivity (Wildman–Crippen MR) is 79.4 cm³/mol. The molecule has 102 valence electrons. The Bertz CT molecular complexity index is 576. The van der Waals surface area contributed by atoms with E-state index in [9.17, 15) is 4.39 Å². The van der Waals surface area contributed by atoms with Crippen LogP contribution in [0.25, 0.3) is 11.3 Å². The molecule has 0 fully saturated rings. The first-order valence-electron chi connectivity index (χ1n) is 6.36. The summed E-state index contributed by atoms with van der Waals surface area (Å²) >= 11 is 3.35. The van der Waals surface area contributed by atoms with Crippen molar-refractivity contribution in [2.75, 3.05) is 5.73 Å². The van der Waals surface area contributed by atoms with E-state index in [1.54, 1.807) is 6.07 Å². The maximum absolute atomic E-state index is 13.1. The van der Waals surface area contributed by atoms with Crippen LogP contribution in [0.5, 0.6) is 0 Å². The summed E-state index contributed by atoms with van der Waals surface area (Å²) < 4.78 is 15.7. The van der Waals surface area contributed by atoms with Crippen LogP contribution < -0.4 is 5.73 Å². The Kier molecular flexibility index (Phi) is 4.24. The number of nitrogen functional groups attached to an aromatic ring is 1. The fraction of sp³-hybridized carbons (Fsp3) is 0.357. The Morgan fingerprint density at radius 1 is 1.37 bits per heavy atom. The Morgan fingerprint density at radius 3 is 2.63 bits per heavy atom. The van der Waals surface area contributed by atoms with E-state index in [4.69, 9.17) is 5.73 Å². The van der Waals surface area contributed by atoms with Crippen molar-refractivity contribution in [2.45, 2.75) is 32.7 Å². The van der Waals surface area contributed by atoms with Gasteiger partial charge in [-0.25, -0.2) is 4.39 Å². The second-order valence-corrected chi connectivity index (χ2v) is 5.36. The van der Waals surface area contributed by atoms with Crippen molar-refractivity contribution >= 4 is 21.6 Å². The van der Waals surface area contributed by atoms with Crippen LogP contribution in [-0.2, 0) is 0 Å². The van der Waals surface area contributed by atoms with Crippen LogP contribution >= 0.6 is 15.9 Å². The lowest BCUT2D eigenvalue weighted by Gasteiger charge is -2.12. The third-order valence-corrected chi connectivity index (χ3v) is 3.92. The van der Waals surface area contributed by atoms with Gasteiger partial charge < -0.3 is 5.73 Å². The van der Waals surface area contributed by atoms with Gasteiger partial charge in [0.2, 0.25) is 0 Å². The highest BCUT2D eigenvalue weighted by molar-refractivity contribution is 9.10. The van der Waals surface area contributed by atoms with Crippen LogP contribution in [0.15, 0.2) is 28.9 Å². The van der Waals surface area contributed by atoms with Gasteiger partial charge in [0.15, 0.2) is 0 Å². The van der Waals surface area contributed by atoms with Gasteiger partial charge in [0, 0.05) is 16.2 Å². The molecule has 2 aromatic rings. The maximum Gasteiger partial charge on any atom is 0.124 e. The number of aromatic nitrogens is 2. The van der Waals surface area contributed by atoms with E-state index in [1.807, 2.05) is 10.9 Å². The molecule has 2 rings (SSSR count). The summed E-state index contributed by atoms with van der Waals surface area (Å²) in [7, 11) is 0. The van der Waals surface area contributed by atoms with Gasteiger partial charge in [-0.05, 0) is 47.0 Å². The van der Waals surface area contributed by atoms with Crippen LogP contribution in [0.4, 0.5) is 10.1 Å². The van der Waals surface area contributed by atoms with E-state index < -0.39 is 0 Å². The number of anilines is 1. The lowest BCUT2D eigenvalue weighted by atomic mass is 10.1. The van der Waals surface area contributed by atoms with Gasteiger partial charge in [-0.2, -0.15) is 5.10 Å². The fourth-order valence-corrected chi connectivity index (χ4v) is 2.69. The Hall–Kier alpha value is -1.36. The van der Waals surface area contributed by atoms with Crippen molar-refractivity contribution < 1.29 is 4.39 Å². The normalized spacial score (nSPS) is 11.2. The molecule has 1 aromatic heterocycles. The predicted octanol–water partition coefficient (Wildman–Crippen LogP) is 4.40. The van der Waals surface area contributed by atoms with Crippen LogP contribution in [-0.4, -0.2) is 9.78 Å². The molecule has 0 aliphatic rings. The average Bonchev–Trinajstić information content (AvgIpc) is 2.73. The van der Waals surface area contributed by atoms with Crippen molar-refractivity contribution in [3.05, 3.63) is 34.7 Å². The minimum absolute atomic E-state index is 0.284. The number of rotatable bonds is 4. The van der Waals surface area contributed by atoms with E-state index in [0.29, 0.717) is 21.9 Å². The molecule has 19 heavy (non-hydrogen) atoms. The summed E-state index contributed by atoms with van der Waals surface area (Å²) in [5.74, 6) is -0.284. The Labute approximate surface area is 120 Å². The fourth-order valence-electron chi connectivity index (χ4n) is 2.15. The lowest BCUT2D eigenvalue weighted by Crippen LogP contribution is -2.07. The summed E-state index contributed by atoms with van der Waals surface area (Å²) in [5, 5.41) is 4.55. The quantitative estimate of drug-likeness (QED) is 0.905. The first kappa shape index (κ1) is 14.1. The maximum atomic E-state index is 13.1. The first-order chi connectivity index (χ1) is 9.06. The third kappa shape index (κ3) is 2.81. The molecule has 0 spiro atoms. The van der Waals surface area contributed by atoms with Gasteiger partial charge in [0.25, 0.3) is 0 Å². The van der Waals surface area contributed by atoms with Crippen LogP contribution in [0.1, 0.15) is 32.7 Å². The zero-order valence-electron chi connectivity index (χ0n) is 11.0. The molecule has 0 amide bonds. The summed E-state index contributed by atoms with van der Waals surface area (Å²) in [6.45, 7) is 4.25. The van der Waals surface area contributed by atoms with Gasteiger partial charge in [-0.1, -0.05) is 13.8 Å². The molecule has 0 radical (unpaired) electrons.